The van der Waals surface area contributed by atoms with Crippen LogP contribution in [0.15, 0.2) is 61.1 Å². The van der Waals surface area contributed by atoms with Gasteiger partial charge in [0.1, 0.15) is 0 Å². The van der Waals surface area contributed by atoms with Crippen molar-refractivity contribution in [1.82, 2.24) is 9.55 Å². The highest BCUT2D eigenvalue weighted by Crippen LogP contribution is 2.26. The number of nitrogens with zero attached hydrogens (tertiary/aromatic N) is 3. The van der Waals surface area contributed by atoms with Gasteiger partial charge in [0.2, 0.25) is 0 Å². The van der Waals surface area contributed by atoms with Gasteiger partial charge in [-0.25, -0.2) is 4.98 Å². The quantitative estimate of drug-likeness (QED) is 0.755. The van der Waals surface area contributed by atoms with Crippen molar-refractivity contribution in [1.29, 1.82) is 5.26 Å². The minimum absolute atomic E-state index is 0. The van der Waals surface area contributed by atoms with Crippen LogP contribution in [-0.4, -0.2) is 15.6 Å². The number of benzene rings is 2. The van der Waals surface area contributed by atoms with Crippen molar-refractivity contribution in [2.24, 2.45) is 0 Å². The molecule has 132 valence electrons. The van der Waals surface area contributed by atoms with Gasteiger partial charge in [-0.05, 0) is 42.2 Å². The average molecular weight is 365 g/mol. The van der Waals surface area contributed by atoms with Gasteiger partial charge >= 0.3 is 0 Å². The fourth-order valence-electron chi connectivity index (χ4n) is 3.45. The molecule has 0 bridgehead atoms. The molecule has 0 saturated carbocycles. The third-order valence-electron chi connectivity index (χ3n) is 4.83. The average Bonchev–Trinajstić information content (AvgIpc) is 3.09. The predicted molar refractivity (Wildman–Crippen MR) is 106 cm³/mol. The zero-order valence-corrected chi connectivity index (χ0v) is 15.2. The van der Waals surface area contributed by atoms with Gasteiger partial charge in [0, 0.05) is 36.6 Å². The zero-order chi connectivity index (χ0) is 17.1. The lowest BCUT2D eigenvalue weighted by atomic mass is 9.95. The maximum Gasteiger partial charge on any atom is 0.0991 e. The minimum Gasteiger partial charge on any atom is -0.382 e. The van der Waals surface area contributed by atoms with Crippen molar-refractivity contribution in [3.05, 3.63) is 83.4 Å². The predicted octanol–water partition coefficient (Wildman–Crippen LogP) is 4.19. The molecule has 0 fully saturated rings. The van der Waals surface area contributed by atoms with Gasteiger partial charge in [0.15, 0.2) is 0 Å². The Morgan fingerprint density at radius 1 is 1.15 bits per heavy atom. The van der Waals surface area contributed by atoms with E-state index in [4.69, 9.17) is 5.26 Å². The molecule has 1 aliphatic rings. The summed E-state index contributed by atoms with van der Waals surface area (Å²) in [5.41, 5.74) is 5.78. The molecule has 1 N–H and O–H groups in total. The highest BCUT2D eigenvalue weighted by molar-refractivity contribution is 5.85. The van der Waals surface area contributed by atoms with Crippen LogP contribution in [0.3, 0.4) is 0 Å². The number of aromatic nitrogens is 2. The molecule has 0 radical (unpaired) electrons. The SMILES string of the molecule is Cl.N#Cc1ccc(Cn2cncc2CC2CCc3ccccc3N2)cc1. The summed E-state index contributed by atoms with van der Waals surface area (Å²) < 4.78 is 2.20. The third kappa shape index (κ3) is 3.89. The van der Waals surface area contributed by atoms with Crippen LogP contribution in [-0.2, 0) is 19.4 Å². The fraction of sp³-hybridized carbons (Fsp3) is 0.238. The summed E-state index contributed by atoms with van der Waals surface area (Å²) in [6, 6.07) is 18.9. The molecule has 1 unspecified atom stereocenters. The van der Waals surface area contributed by atoms with Gasteiger partial charge in [-0.2, -0.15) is 5.26 Å². The smallest absolute Gasteiger partial charge is 0.0991 e. The van der Waals surface area contributed by atoms with Crippen LogP contribution >= 0.6 is 12.4 Å². The molecule has 0 amide bonds. The van der Waals surface area contributed by atoms with Crippen molar-refractivity contribution >= 4 is 18.1 Å². The Balaban J connectivity index is 0.00000196. The molecule has 5 heteroatoms. The largest absolute Gasteiger partial charge is 0.382 e. The molecule has 4 nitrogen and oxygen atoms in total. The van der Waals surface area contributed by atoms with E-state index >= 15 is 0 Å². The molecule has 1 aromatic heterocycles. The van der Waals surface area contributed by atoms with E-state index in [1.54, 1.807) is 0 Å². The second-order valence-corrected chi connectivity index (χ2v) is 6.56. The number of nitriles is 1. The third-order valence-corrected chi connectivity index (χ3v) is 4.83. The zero-order valence-electron chi connectivity index (χ0n) is 14.4. The summed E-state index contributed by atoms with van der Waals surface area (Å²) in [6.07, 6.45) is 7.08. The molecule has 3 aromatic rings. The van der Waals surface area contributed by atoms with Gasteiger partial charge in [0.05, 0.1) is 18.0 Å². The van der Waals surface area contributed by atoms with Crippen molar-refractivity contribution in [2.75, 3.05) is 5.32 Å². The number of para-hydroxylation sites is 1. The molecule has 1 atom stereocenters. The van der Waals surface area contributed by atoms with Crippen molar-refractivity contribution < 1.29 is 0 Å². The van der Waals surface area contributed by atoms with Gasteiger partial charge < -0.3 is 9.88 Å². The van der Waals surface area contributed by atoms with E-state index in [2.05, 4.69) is 45.2 Å². The lowest BCUT2D eigenvalue weighted by molar-refractivity contribution is 0.600. The molecule has 0 spiro atoms. The standard InChI is InChI=1S/C21H20N4.ClH/c22-12-16-5-7-17(8-6-16)14-25-15-23-13-20(25)11-19-10-9-18-3-1-2-4-21(18)24-19;/h1-8,13,15,19,24H,9-11,14H2;1H. The molecule has 0 saturated heterocycles. The molecule has 4 rings (SSSR count). The highest BCUT2D eigenvalue weighted by atomic mass is 35.5. The Labute approximate surface area is 159 Å². The number of anilines is 1. The van der Waals surface area contributed by atoms with Crippen LogP contribution in [0.4, 0.5) is 5.69 Å². The van der Waals surface area contributed by atoms with E-state index in [0.717, 1.165) is 25.8 Å². The molecular formula is C21H21ClN4. The first-order valence-electron chi connectivity index (χ1n) is 8.64. The van der Waals surface area contributed by atoms with Crippen LogP contribution in [0.1, 0.15) is 28.8 Å². The Morgan fingerprint density at radius 2 is 1.96 bits per heavy atom. The second kappa shape index (κ2) is 8.07. The van der Waals surface area contributed by atoms with E-state index in [1.165, 1.54) is 22.5 Å². The lowest BCUT2D eigenvalue weighted by Crippen LogP contribution is -2.28. The number of aryl methyl sites for hydroxylation is 1. The first-order chi connectivity index (χ1) is 12.3. The first kappa shape index (κ1) is 18.0. The number of hydrogen-bond donors (Lipinski definition) is 1. The van der Waals surface area contributed by atoms with Crippen LogP contribution in [0.5, 0.6) is 0 Å². The summed E-state index contributed by atoms with van der Waals surface area (Å²) in [5.74, 6) is 0. The van der Waals surface area contributed by atoms with Gasteiger partial charge in [-0.3, -0.25) is 0 Å². The number of nitrogens with one attached hydrogen (secondary N) is 1. The maximum atomic E-state index is 8.91. The number of hydrogen-bond acceptors (Lipinski definition) is 3. The summed E-state index contributed by atoms with van der Waals surface area (Å²) in [6.45, 7) is 0.782. The van der Waals surface area contributed by atoms with Gasteiger partial charge in [-0.1, -0.05) is 30.3 Å². The fourth-order valence-corrected chi connectivity index (χ4v) is 3.45. The van der Waals surface area contributed by atoms with Crippen molar-refractivity contribution in [2.45, 2.75) is 31.8 Å². The van der Waals surface area contributed by atoms with Crippen LogP contribution in [0.25, 0.3) is 0 Å². The van der Waals surface area contributed by atoms with Gasteiger partial charge in [0.25, 0.3) is 0 Å². The topological polar surface area (TPSA) is 53.6 Å². The molecule has 2 aromatic carbocycles. The lowest BCUT2D eigenvalue weighted by Gasteiger charge is -2.27. The van der Waals surface area contributed by atoms with Crippen LogP contribution in [0, 0.1) is 11.3 Å². The number of imidazole rings is 1. The van der Waals surface area contributed by atoms with Crippen LogP contribution < -0.4 is 5.32 Å². The van der Waals surface area contributed by atoms with Crippen molar-refractivity contribution in [3.8, 4) is 6.07 Å². The number of rotatable bonds is 4. The normalized spacial score (nSPS) is 15.3. The molecule has 26 heavy (non-hydrogen) atoms. The molecular weight excluding hydrogens is 344 g/mol. The maximum absolute atomic E-state index is 8.91. The second-order valence-electron chi connectivity index (χ2n) is 6.56. The highest BCUT2D eigenvalue weighted by Gasteiger charge is 2.19. The van der Waals surface area contributed by atoms with Crippen molar-refractivity contribution in [3.63, 3.8) is 0 Å². The number of fused-ring (bicyclic) bond motifs is 1. The monoisotopic (exact) mass is 364 g/mol. The summed E-state index contributed by atoms with van der Waals surface area (Å²) in [5, 5.41) is 12.6. The molecule has 0 aliphatic carbocycles. The Morgan fingerprint density at radius 3 is 2.77 bits per heavy atom. The molecule has 2 heterocycles. The van der Waals surface area contributed by atoms with E-state index in [9.17, 15) is 0 Å². The summed E-state index contributed by atoms with van der Waals surface area (Å²) in [7, 11) is 0. The Kier molecular flexibility index (Phi) is 5.60. The minimum atomic E-state index is 0. The van der Waals surface area contributed by atoms with E-state index < -0.39 is 0 Å². The van der Waals surface area contributed by atoms with Crippen LogP contribution in [0.2, 0.25) is 0 Å². The van der Waals surface area contributed by atoms with E-state index in [0.29, 0.717) is 11.6 Å². The van der Waals surface area contributed by atoms with E-state index in [-0.39, 0.29) is 12.4 Å². The number of halogens is 1. The Hall–Kier alpha value is -2.77. The summed E-state index contributed by atoms with van der Waals surface area (Å²) in [4.78, 5) is 4.34. The van der Waals surface area contributed by atoms with E-state index in [1.807, 2.05) is 36.8 Å². The molecule has 1 aliphatic heterocycles. The summed E-state index contributed by atoms with van der Waals surface area (Å²) >= 11 is 0. The van der Waals surface area contributed by atoms with Gasteiger partial charge in [-0.15, -0.1) is 12.4 Å². The first-order valence-corrected chi connectivity index (χ1v) is 8.64. The Bertz CT molecular complexity index is 908.